The van der Waals surface area contributed by atoms with E-state index in [9.17, 15) is 9.18 Å². The number of rotatable bonds is 2. The van der Waals surface area contributed by atoms with E-state index in [-0.39, 0.29) is 24.8 Å². The molecule has 0 saturated heterocycles. The SMILES string of the molecule is Cc1ccn(CC(=O)N2CCC=C(F)C2)n1. The lowest BCUT2D eigenvalue weighted by Gasteiger charge is -2.24. The Bertz CT molecular complexity index is 425. The molecule has 1 aliphatic rings. The molecular formula is C11H14FN3O. The van der Waals surface area contributed by atoms with E-state index in [0.29, 0.717) is 13.0 Å². The molecule has 0 aromatic carbocycles. The highest BCUT2D eigenvalue weighted by Crippen LogP contribution is 2.10. The van der Waals surface area contributed by atoms with Crippen molar-refractivity contribution in [2.75, 3.05) is 13.1 Å². The summed E-state index contributed by atoms with van der Waals surface area (Å²) in [7, 11) is 0. The zero-order valence-corrected chi connectivity index (χ0v) is 9.19. The molecule has 1 amide bonds. The predicted octanol–water partition coefficient (Wildman–Crippen LogP) is 1.28. The molecule has 2 heterocycles. The first-order valence-electron chi connectivity index (χ1n) is 5.27. The Labute approximate surface area is 93.3 Å². The number of hydrogen-bond acceptors (Lipinski definition) is 2. The molecule has 4 nitrogen and oxygen atoms in total. The third-order valence-corrected chi connectivity index (χ3v) is 2.53. The second-order valence-electron chi connectivity index (χ2n) is 3.91. The van der Waals surface area contributed by atoms with Gasteiger partial charge in [-0.05, 0) is 25.5 Å². The fourth-order valence-electron chi connectivity index (χ4n) is 1.71. The van der Waals surface area contributed by atoms with Gasteiger partial charge in [0.2, 0.25) is 5.91 Å². The quantitative estimate of drug-likeness (QED) is 0.757. The van der Waals surface area contributed by atoms with Crippen molar-refractivity contribution in [3.63, 3.8) is 0 Å². The Balaban J connectivity index is 1.96. The molecule has 1 aromatic heterocycles. The maximum Gasteiger partial charge on any atom is 0.244 e. The Morgan fingerprint density at radius 2 is 2.44 bits per heavy atom. The van der Waals surface area contributed by atoms with Crippen LogP contribution in [0.1, 0.15) is 12.1 Å². The van der Waals surface area contributed by atoms with Gasteiger partial charge in [-0.25, -0.2) is 4.39 Å². The van der Waals surface area contributed by atoms with Gasteiger partial charge in [-0.2, -0.15) is 5.10 Å². The summed E-state index contributed by atoms with van der Waals surface area (Å²) in [5.74, 6) is -0.317. The molecule has 0 saturated carbocycles. The molecule has 5 heteroatoms. The van der Waals surface area contributed by atoms with E-state index in [1.54, 1.807) is 10.9 Å². The van der Waals surface area contributed by atoms with Crippen LogP contribution in [0.15, 0.2) is 24.2 Å². The van der Waals surface area contributed by atoms with Gasteiger partial charge in [0.25, 0.3) is 0 Å². The average Bonchev–Trinajstić information content (AvgIpc) is 2.64. The molecule has 0 aliphatic carbocycles. The first-order valence-corrected chi connectivity index (χ1v) is 5.27. The molecule has 1 aliphatic heterocycles. The topological polar surface area (TPSA) is 38.1 Å². The lowest BCUT2D eigenvalue weighted by atomic mass is 10.2. The molecule has 2 rings (SSSR count). The summed E-state index contributed by atoms with van der Waals surface area (Å²) in [5, 5.41) is 4.13. The minimum Gasteiger partial charge on any atom is -0.334 e. The van der Waals surface area contributed by atoms with Crippen LogP contribution in [0.4, 0.5) is 4.39 Å². The molecule has 86 valence electrons. The third kappa shape index (κ3) is 2.48. The Hall–Kier alpha value is -1.65. The van der Waals surface area contributed by atoms with Crippen molar-refractivity contribution < 1.29 is 9.18 Å². The summed E-state index contributed by atoms with van der Waals surface area (Å²) in [6, 6.07) is 1.84. The minimum atomic E-state index is -0.226. The molecular weight excluding hydrogens is 209 g/mol. The van der Waals surface area contributed by atoms with Gasteiger partial charge in [0.05, 0.1) is 12.2 Å². The van der Waals surface area contributed by atoms with E-state index >= 15 is 0 Å². The van der Waals surface area contributed by atoms with Crippen molar-refractivity contribution in [1.82, 2.24) is 14.7 Å². The third-order valence-electron chi connectivity index (χ3n) is 2.53. The molecule has 0 N–H and O–H groups in total. The van der Waals surface area contributed by atoms with Crippen molar-refractivity contribution in [3.8, 4) is 0 Å². The monoisotopic (exact) mass is 223 g/mol. The van der Waals surface area contributed by atoms with Crippen molar-refractivity contribution >= 4 is 5.91 Å². The molecule has 0 atom stereocenters. The van der Waals surface area contributed by atoms with Crippen LogP contribution in [0.3, 0.4) is 0 Å². The Morgan fingerprint density at radius 3 is 3.06 bits per heavy atom. The van der Waals surface area contributed by atoms with Gasteiger partial charge in [-0.15, -0.1) is 0 Å². The number of aromatic nitrogens is 2. The molecule has 0 bridgehead atoms. The molecule has 0 fully saturated rings. The van der Waals surface area contributed by atoms with Gasteiger partial charge in [0.15, 0.2) is 0 Å². The van der Waals surface area contributed by atoms with Crippen LogP contribution in [-0.4, -0.2) is 33.7 Å². The molecule has 16 heavy (non-hydrogen) atoms. The second-order valence-corrected chi connectivity index (χ2v) is 3.91. The Morgan fingerprint density at radius 1 is 1.62 bits per heavy atom. The smallest absolute Gasteiger partial charge is 0.244 e. The van der Waals surface area contributed by atoms with Gasteiger partial charge >= 0.3 is 0 Å². The number of nitrogens with zero attached hydrogens (tertiary/aromatic N) is 3. The van der Waals surface area contributed by atoms with E-state index in [2.05, 4.69) is 5.10 Å². The molecule has 0 radical (unpaired) electrons. The fraction of sp³-hybridized carbons (Fsp3) is 0.455. The standard InChI is InChI=1S/C11H14FN3O/c1-9-4-6-15(13-9)8-11(16)14-5-2-3-10(12)7-14/h3-4,6H,2,5,7-8H2,1H3. The van der Waals surface area contributed by atoms with E-state index in [1.165, 1.54) is 11.0 Å². The van der Waals surface area contributed by atoms with Gasteiger partial charge in [0, 0.05) is 12.7 Å². The largest absolute Gasteiger partial charge is 0.334 e. The summed E-state index contributed by atoms with van der Waals surface area (Å²) in [5.41, 5.74) is 0.873. The summed E-state index contributed by atoms with van der Waals surface area (Å²) in [6.07, 6.45) is 3.88. The van der Waals surface area contributed by atoms with Crippen LogP contribution in [0.5, 0.6) is 0 Å². The summed E-state index contributed by atoms with van der Waals surface area (Å²) in [4.78, 5) is 13.3. The van der Waals surface area contributed by atoms with Crippen LogP contribution in [0.25, 0.3) is 0 Å². The lowest BCUT2D eigenvalue weighted by molar-refractivity contribution is -0.132. The van der Waals surface area contributed by atoms with Crippen LogP contribution < -0.4 is 0 Å². The average molecular weight is 223 g/mol. The van der Waals surface area contributed by atoms with Crippen LogP contribution in [0, 0.1) is 6.92 Å². The highest BCUT2D eigenvalue weighted by molar-refractivity contribution is 5.76. The molecule has 0 unspecified atom stereocenters. The van der Waals surface area contributed by atoms with Crippen molar-refractivity contribution in [1.29, 1.82) is 0 Å². The predicted molar refractivity (Wildman–Crippen MR) is 57.4 cm³/mol. The van der Waals surface area contributed by atoms with E-state index in [4.69, 9.17) is 0 Å². The second kappa shape index (κ2) is 4.47. The van der Waals surface area contributed by atoms with Crippen LogP contribution in [-0.2, 0) is 11.3 Å². The highest BCUT2D eigenvalue weighted by Gasteiger charge is 2.18. The van der Waals surface area contributed by atoms with E-state index in [0.717, 1.165) is 5.69 Å². The van der Waals surface area contributed by atoms with E-state index in [1.807, 2.05) is 13.0 Å². The van der Waals surface area contributed by atoms with Crippen LogP contribution in [0.2, 0.25) is 0 Å². The zero-order chi connectivity index (χ0) is 11.5. The Kier molecular flexibility index (Phi) is 3.03. The van der Waals surface area contributed by atoms with Crippen LogP contribution >= 0.6 is 0 Å². The number of carbonyl (C=O) groups is 1. The number of carbonyl (C=O) groups excluding carboxylic acids is 1. The highest BCUT2D eigenvalue weighted by atomic mass is 19.1. The first kappa shape index (κ1) is 10.9. The van der Waals surface area contributed by atoms with Crippen molar-refractivity contribution in [2.24, 2.45) is 0 Å². The van der Waals surface area contributed by atoms with Gasteiger partial charge < -0.3 is 4.90 Å². The van der Waals surface area contributed by atoms with Crippen molar-refractivity contribution in [3.05, 3.63) is 29.9 Å². The summed E-state index contributed by atoms with van der Waals surface area (Å²) in [6.45, 7) is 2.73. The zero-order valence-electron chi connectivity index (χ0n) is 9.19. The fourth-order valence-corrected chi connectivity index (χ4v) is 1.71. The maximum atomic E-state index is 13.0. The lowest BCUT2D eigenvalue weighted by Crippen LogP contribution is -2.37. The summed E-state index contributed by atoms with van der Waals surface area (Å²) < 4.78 is 14.6. The normalized spacial score (nSPS) is 16.1. The van der Waals surface area contributed by atoms with Crippen molar-refractivity contribution in [2.45, 2.75) is 19.9 Å². The molecule has 0 spiro atoms. The first-order chi connectivity index (χ1) is 7.65. The number of amides is 1. The maximum absolute atomic E-state index is 13.0. The number of hydrogen-bond donors (Lipinski definition) is 0. The summed E-state index contributed by atoms with van der Waals surface area (Å²) >= 11 is 0. The van der Waals surface area contributed by atoms with Gasteiger partial charge in [-0.1, -0.05) is 0 Å². The van der Waals surface area contributed by atoms with Gasteiger partial charge in [-0.3, -0.25) is 9.48 Å². The van der Waals surface area contributed by atoms with E-state index < -0.39 is 0 Å². The number of aryl methyl sites for hydroxylation is 1. The molecule has 1 aromatic rings. The van der Waals surface area contributed by atoms with Gasteiger partial charge in [0.1, 0.15) is 12.4 Å². The minimum absolute atomic E-state index is 0.0913. The number of halogens is 1.